The highest BCUT2D eigenvalue weighted by atomic mass is 16.1. The number of hydrogen-bond donors (Lipinski definition) is 1. The van der Waals surface area contributed by atoms with Gasteiger partial charge in [-0.05, 0) is 37.9 Å². The number of nitrogens with zero attached hydrogens (tertiary/aromatic N) is 1. The van der Waals surface area contributed by atoms with E-state index >= 15 is 0 Å². The van der Waals surface area contributed by atoms with Crippen molar-refractivity contribution < 1.29 is 4.79 Å². The van der Waals surface area contributed by atoms with Gasteiger partial charge >= 0.3 is 0 Å². The lowest BCUT2D eigenvalue weighted by Gasteiger charge is -2.09. The van der Waals surface area contributed by atoms with Gasteiger partial charge in [0.1, 0.15) is 0 Å². The SMILES string of the molecule is CN(C)Cc1ccc2[nH]c(C=O)cc2c1. The molecule has 0 spiro atoms. The summed E-state index contributed by atoms with van der Waals surface area (Å²) in [5, 5.41) is 1.09. The Morgan fingerprint density at radius 2 is 2.13 bits per heavy atom. The summed E-state index contributed by atoms with van der Waals surface area (Å²) < 4.78 is 0. The first-order valence-corrected chi connectivity index (χ1v) is 4.90. The van der Waals surface area contributed by atoms with Crippen molar-refractivity contribution in [1.29, 1.82) is 0 Å². The van der Waals surface area contributed by atoms with Gasteiger partial charge < -0.3 is 9.88 Å². The summed E-state index contributed by atoms with van der Waals surface area (Å²) in [5.41, 5.74) is 2.90. The van der Waals surface area contributed by atoms with Crippen LogP contribution < -0.4 is 0 Å². The number of hydrogen-bond acceptors (Lipinski definition) is 2. The van der Waals surface area contributed by atoms with Gasteiger partial charge in [0.2, 0.25) is 0 Å². The summed E-state index contributed by atoms with van der Waals surface area (Å²) in [4.78, 5) is 15.8. The van der Waals surface area contributed by atoms with Gasteiger partial charge in [-0.15, -0.1) is 0 Å². The predicted molar refractivity (Wildman–Crippen MR) is 61.1 cm³/mol. The molecule has 3 nitrogen and oxygen atoms in total. The Morgan fingerprint density at radius 3 is 2.80 bits per heavy atom. The second-order valence-corrected chi connectivity index (χ2v) is 4.00. The molecule has 2 aromatic rings. The first-order valence-electron chi connectivity index (χ1n) is 4.90. The molecule has 2 rings (SSSR count). The predicted octanol–water partition coefficient (Wildman–Crippen LogP) is 2.04. The van der Waals surface area contributed by atoms with Crippen molar-refractivity contribution in [1.82, 2.24) is 9.88 Å². The van der Waals surface area contributed by atoms with E-state index in [-0.39, 0.29) is 0 Å². The van der Waals surface area contributed by atoms with Crippen LogP contribution in [-0.4, -0.2) is 30.3 Å². The largest absolute Gasteiger partial charge is 0.352 e. The Hall–Kier alpha value is -1.61. The first kappa shape index (κ1) is 9.93. The first-order chi connectivity index (χ1) is 7.19. The average molecular weight is 202 g/mol. The number of aldehydes is 1. The van der Waals surface area contributed by atoms with E-state index < -0.39 is 0 Å². The molecule has 1 N–H and O–H groups in total. The van der Waals surface area contributed by atoms with Crippen LogP contribution in [0.4, 0.5) is 0 Å². The molecule has 0 bridgehead atoms. The van der Waals surface area contributed by atoms with Crippen molar-refractivity contribution in [3.05, 3.63) is 35.5 Å². The molecular formula is C12H14N2O. The second kappa shape index (κ2) is 3.87. The van der Waals surface area contributed by atoms with Crippen molar-refractivity contribution in [3.8, 4) is 0 Å². The smallest absolute Gasteiger partial charge is 0.166 e. The number of H-pyrrole nitrogens is 1. The minimum absolute atomic E-state index is 0.631. The molecule has 1 aromatic heterocycles. The van der Waals surface area contributed by atoms with Crippen LogP contribution in [0.3, 0.4) is 0 Å². The number of carbonyl (C=O) groups excluding carboxylic acids is 1. The minimum Gasteiger partial charge on any atom is -0.352 e. The van der Waals surface area contributed by atoms with E-state index in [1.165, 1.54) is 5.56 Å². The van der Waals surface area contributed by atoms with Crippen molar-refractivity contribution in [2.45, 2.75) is 6.54 Å². The Bertz CT molecular complexity index is 485. The Labute approximate surface area is 88.7 Å². The van der Waals surface area contributed by atoms with Crippen molar-refractivity contribution in [2.24, 2.45) is 0 Å². The lowest BCUT2D eigenvalue weighted by atomic mass is 10.1. The zero-order valence-electron chi connectivity index (χ0n) is 8.95. The molecule has 1 aromatic carbocycles. The molecular weight excluding hydrogens is 188 g/mol. The number of aromatic amines is 1. The highest BCUT2D eigenvalue weighted by Crippen LogP contribution is 2.17. The Kier molecular flexibility index (Phi) is 2.56. The van der Waals surface area contributed by atoms with Gasteiger partial charge in [0.15, 0.2) is 6.29 Å². The maximum Gasteiger partial charge on any atom is 0.166 e. The van der Waals surface area contributed by atoms with Crippen molar-refractivity contribution in [2.75, 3.05) is 14.1 Å². The highest BCUT2D eigenvalue weighted by molar-refractivity contribution is 5.88. The number of carbonyl (C=O) groups is 1. The van der Waals surface area contributed by atoms with Gasteiger partial charge in [-0.2, -0.15) is 0 Å². The maximum absolute atomic E-state index is 10.6. The monoisotopic (exact) mass is 202 g/mol. The molecule has 0 saturated heterocycles. The molecule has 0 amide bonds. The molecule has 0 unspecified atom stereocenters. The molecule has 0 aliphatic carbocycles. The molecule has 3 heteroatoms. The number of benzene rings is 1. The Balaban J connectivity index is 2.41. The third-order valence-corrected chi connectivity index (χ3v) is 2.33. The van der Waals surface area contributed by atoms with E-state index in [2.05, 4.69) is 22.0 Å². The van der Waals surface area contributed by atoms with Crippen LogP contribution in [0.1, 0.15) is 16.1 Å². The molecule has 0 atom stereocenters. The highest BCUT2D eigenvalue weighted by Gasteiger charge is 2.01. The molecule has 0 aliphatic rings. The fourth-order valence-electron chi connectivity index (χ4n) is 1.73. The molecule has 0 saturated carbocycles. The van der Waals surface area contributed by atoms with Gasteiger partial charge in [0.25, 0.3) is 0 Å². The molecule has 0 aliphatic heterocycles. The van der Waals surface area contributed by atoms with E-state index in [0.29, 0.717) is 5.69 Å². The normalized spacial score (nSPS) is 11.1. The molecule has 0 radical (unpaired) electrons. The van der Waals surface area contributed by atoms with Crippen LogP contribution in [0.25, 0.3) is 10.9 Å². The molecule has 78 valence electrons. The van der Waals surface area contributed by atoms with E-state index in [9.17, 15) is 4.79 Å². The van der Waals surface area contributed by atoms with Gasteiger partial charge in [0, 0.05) is 17.4 Å². The van der Waals surface area contributed by atoms with Crippen molar-refractivity contribution >= 4 is 17.2 Å². The number of aromatic nitrogens is 1. The van der Waals surface area contributed by atoms with E-state index in [1.807, 2.05) is 26.2 Å². The standard InChI is InChI=1S/C12H14N2O/c1-14(2)7-9-3-4-12-10(5-9)6-11(8-15)13-12/h3-6,8,13H,7H2,1-2H3. The molecule has 1 heterocycles. The maximum atomic E-state index is 10.6. The Morgan fingerprint density at radius 1 is 1.33 bits per heavy atom. The van der Waals surface area contributed by atoms with Crippen LogP contribution in [0.5, 0.6) is 0 Å². The lowest BCUT2D eigenvalue weighted by molar-refractivity contribution is 0.112. The summed E-state index contributed by atoms with van der Waals surface area (Å²) in [6.07, 6.45) is 0.839. The fourth-order valence-corrected chi connectivity index (χ4v) is 1.73. The van der Waals surface area contributed by atoms with Gasteiger partial charge in [-0.1, -0.05) is 6.07 Å². The molecule has 0 fully saturated rings. The average Bonchev–Trinajstić information content (AvgIpc) is 2.58. The van der Waals surface area contributed by atoms with Crippen LogP contribution in [-0.2, 0) is 6.54 Å². The van der Waals surface area contributed by atoms with E-state index in [0.717, 1.165) is 23.7 Å². The van der Waals surface area contributed by atoms with Crippen LogP contribution >= 0.6 is 0 Å². The summed E-state index contributed by atoms with van der Waals surface area (Å²) in [7, 11) is 4.08. The van der Waals surface area contributed by atoms with Crippen LogP contribution in [0.2, 0.25) is 0 Å². The third kappa shape index (κ3) is 2.07. The minimum atomic E-state index is 0.631. The zero-order valence-corrected chi connectivity index (χ0v) is 8.95. The van der Waals surface area contributed by atoms with E-state index in [4.69, 9.17) is 0 Å². The summed E-state index contributed by atoms with van der Waals surface area (Å²) >= 11 is 0. The van der Waals surface area contributed by atoms with Gasteiger partial charge in [-0.3, -0.25) is 4.79 Å². The second-order valence-electron chi connectivity index (χ2n) is 4.00. The topological polar surface area (TPSA) is 36.1 Å². The fraction of sp³-hybridized carbons (Fsp3) is 0.250. The molecule has 15 heavy (non-hydrogen) atoms. The van der Waals surface area contributed by atoms with Gasteiger partial charge in [-0.25, -0.2) is 0 Å². The lowest BCUT2D eigenvalue weighted by Crippen LogP contribution is -2.10. The number of rotatable bonds is 3. The zero-order chi connectivity index (χ0) is 10.8. The summed E-state index contributed by atoms with van der Waals surface area (Å²) in [6.45, 7) is 0.914. The number of fused-ring (bicyclic) bond motifs is 1. The van der Waals surface area contributed by atoms with Crippen LogP contribution in [0.15, 0.2) is 24.3 Å². The third-order valence-electron chi connectivity index (χ3n) is 2.33. The quantitative estimate of drug-likeness (QED) is 0.773. The summed E-state index contributed by atoms with van der Waals surface area (Å²) in [5.74, 6) is 0. The number of nitrogens with one attached hydrogen (secondary N) is 1. The van der Waals surface area contributed by atoms with Crippen LogP contribution in [0, 0.1) is 0 Å². The summed E-state index contributed by atoms with van der Waals surface area (Å²) in [6, 6.07) is 8.08. The van der Waals surface area contributed by atoms with Gasteiger partial charge in [0.05, 0.1) is 5.69 Å². The van der Waals surface area contributed by atoms with Crippen molar-refractivity contribution in [3.63, 3.8) is 0 Å². The van der Waals surface area contributed by atoms with E-state index in [1.54, 1.807) is 0 Å².